The molecule has 0 bridgehead atoms. The van der Waals surface area contributed by atoms with Gasteiger partial charge in [-0.15, -0.1) is 0 Å². The van der Waals surface area contributed by atoms with Crippen LogP contribution < -0.4 is 4.74 Å². The van der Waals surface area contributed by atoms with Gasteiger partial charge in [0.05, 0.1) is 5.56 Å². The summed E-state index contributed by atoms with van der Waals surface area (Å²) in [6, 6.07) is 0.117. The van der Waals surface area contributed by atoms with E-state index in [2.05, 4.69) is 4.74 Å². The van der Waals surface area contributed by atoms with Gasteiger partial charge in [0, 0.05) is 0 Å². The summed E-state index contributed by atoms with van der Waals surface area (Å²) in [7, 11) is 0. The van der Waals surface area contributed by atoms with Gasteiger partial charge < -0.3 is 9.84 Å². The van der Waals surface area contributed by atoms with Crippen LogP contribution in [0.3, 0.4) is 0 Å². The van der Waals surface area contributed by atoms with E-state index in [1.54, 1.807) is 0 Å². The van der Waals surface area contributed by atoms with Crippen LogP contribution in [0.5, 0.6) is 11.5 Å². The first kappa shape index (κ1) is 15.3. The van der Waals surface area contributed by atoms with Crippen molar-refractivity contribution in [2.75, 3.05) is 0 Å². The Kier molecular flexibility index (Phi) is 3.82. The molecule has 0 unspecified atom stereocenters. The normalized spacial score (nSPS) is 12.9. The van der Waals surface area contributed by atoms with Crippen LogP contribution in [0.25, 0.3) is 0 Å². The molecule has 0 saturated carbocycles. The average molecular weight is 296 g/mol. The second-order valence-electron chi connectivity index (χ2n) is 3.21. The first-order chi connectivity index (χ1) is 8.44. The Morgan fingerprint density at radius 3 is 1.84 bits per heavy atom. The molecule has 0 spiro atoms. The summed E-state index contributed by atoms with van der Waals surface area (Å²) in [5.74, 6) is -3.43. The van der Waals surface area contributed by atoms with Gasteiger partial charge in [-0.3, -0.25) is 0 Å². The number of benzene rings is 1. The highest BCUT2D eigenvalue weighted by Crippen LogP contribution is 2.48. The third kappa shape index (κ3) is 3.38. The second kappa shape index (κ2) is 4.74. The zero-order valence-corrected chi connectivity index (χ0v) is 8.61. The van der Waals surface area contributed by atoms with Crippen LogP contribution in [0.4, 0.5) is 35.1 Å². The van der Waals surface area contributed by atoms with E-state index < -0.39 is 41.6 Å². The van der Waals surface area contributed by atoms with Crippen LogP contribution in [0.1, 0.15) is 11.1 Å². The lowest BCUT2D eigenvalue weighted by Crippen LogP contribution is -2.19. The number of aromatic hydroxyl groups is 1. The molecule has 0 aliphatic heterocycles. The van der Waals surface area contributed by atoms with Gasteiger partial charge in [0.2, 0.25) is 0 Å². The molecule has 1 rings (SSSR count). The van der Waals surface area contributed by atoms with E-state index in [1.165, 1.54) is 0 Å². The monoisotopic (exact) mass is 296 g/mol. The molecule has 0 radical (unpaired) electrons. The fourth-order valence-corrected chi connectivity index (χ4v) is 1.30. The van der Waals surface area contributed by atoms with Crippen LogP contribution in [-0.2, 0) is 12.4 Å². The minimum Gasteiger partial charge on any atom is -0.504 e. The van der Waals surface area contributed by atoms with Crippen LogP contribution in [0.2, 0.25) is 0 Å². The number of alkyl halides is 8. The van der Waals surface area contributed by atoms with Crippen molar-refractivity contribution in [3.05, 3.63) is 23.3 Å². The summed E-state index contributed by atoms with van der Waals surface area (Å²) in [5, 5.41) is 8.97. The van der Waals surface area contributed by atoms with Crippen LogP contribution >= 0.6 is 0 Å². The van der Waals surface area contributed by atoms with Gasteiger partial charge in [-0.2, -0.15) is 35.1 Å². The Bertz CT molecular complexity index is 463. The predicted molar refractivity (Wildman–Crippen MR) is 44.7 cm³/mol. The smallest absolute Gasteiger partial charge is 0.420 e. The largest absolute Gasteiger partial charge is 0.504 e. The minimum atomic E-state index is -5.63. The predicted octanol–water partition coefficient (Wildman–Crippen LogP) is 4.03. The first-order valence-electron chi connectivity index (χ1n) is 4.39. The lowest BCUT2D eigenvalue weighted by atomic mass is 10.0. The fraction of sp³-hybridized carbons (Fsp3) is 0.333. The van der Waals surface area contributed by atoms with Crippen LogP contribution in [-0.4, -0.2) is 11.7 Å². The maximum Gasteiger partial charge on any atom is 0.420 e. The van der Waals surface area contributed by atoms with Crippen LogP contribution in [0, 0.1) is 0 Å². The number of rotatable bonds is 2. The van der Waals surface area contributed by atoms with Crippen molar-refractivity contribution in [3.8, 4) is 11.5 Å². The summed E-state index contributed by atoms with van der Waals surface area (Å²) < 4.78 is 102. The zero-order chi connectivity index (χ0) is 15.0. The Morgan fingerprint density at radius 2 is 1.47 bits per heavy atom. The van der Waals surface area contributed by atoms with Gasteiger partial charge in [0.1, 0.15) is 5.56 Å². The molecule has 10 heteroatoms. The standard InChI is InChI=1S/C9H4F8O2/c10-7(11)19-6-4(18)2-1-3(8(12,13)14)5(6)9(15,16)17/h1-2,7,18H. The molecular formula is C9H4F8O2. The number of hydrogen-bond donors (Lipinski definition) is 1. The van der Waals surface area contributed by atoms with Crippen LogP contribution in [0.15, 0.2) is 12.1 Å². The summed E-state index contributed by atoms with van der Waals surface area (Å²) in [5.41, 5.74) is -4.73. The molecule has 0 fully saturated rings. The maximum absolute atomic E-state index is 12.5. The second-order valence-corrected chi connectivity index (χ2v) is 3.21. The number of hydrogen-bond acceptors (Lipinski definition) is 2. The molecule has 108 valence electrons. The summed E-state index contributed by atoms with van der Waals surface area (Å²) >= 11 is 0. The SMILES string of the molecule is Oc1ccc(C(F)(F)F)c(C(F)(F)F)c1OC(F)F. The molecule has 0 atom stereocenters. The van der Waals surface area contributed by atoms with E-state index in [-0.39, 0.29) is 12.1 Å². The lowest BCUT2D eigenvalue weighted by Gasteiger charge is -2.19. The fourth-order valence-electron chi connectivity index (χ4n) is 1.30. The Morgan fingerprint density at radius 1 is 0.947 bits per heavy atom. The highest BCUT2D eigenvalue weighted by molar-refractivity contribution is 5.52. The molecule has 0 aliphatic carbocycles. The number of ether oxygens (including phenoxy) is 1. The van der Waals surface area contributed by atoms with E-state index in [0.29, 0.717) is 0 Å². The van der Waals surface area contributed by atoms with E-state index >= 15 is 0 Å². The molecule has 19 heavy (non-hydrogen) atoms. The average Bonchev–Trinajstić information content (AvgIpc) is 2.16. The van der Waals surface area contributed by atoms with Gasteiger partial charge in [-0.25, -0.2) is 0 Å². The summed E-state index contributed by atoms with van der Waals surface area (Å²) in [6.45, 7) is -3.82. The molecule has 0 aliphatic rings. The zero-order valence-electron chi connectivity index (χ0n) is 8.61. The number of halogens is 8. The first-order valence-corrected chi connectivity index (χ1v) is 4.39. The third-order valence-electron chi connectivity index (χ3n) is 1.93. The van der Waals surface area contributed by atoms with Gasteiger partial charge in [0.25, 0.3) is 0 Å². The van der Waals surface area contributed by atoms with Gasteiger partial charge >= 0.3 is 19.0 Å². The molecule has 0 saturated heterocycles. The Balaban J connectivity index is 3.61. The quantitative estimate of drug-likeness (QED) is 0.835. The van der Waals surface area contributed by atoms with Crippen molar-refractivity contribution in [1.82, 2.24) is 0 Å². The molecule has 0 heterocycles. The van der Waals surface area contributed by atoms with Crippen molar-refractivity contribution >= 4 is 0 Å². The third-order valence-corrected chi connectivity index (χ3v) is 1.93. The van der Waals surface area contributed by atoms with E-state index in [4.69, 9.17) is 5.11 Å². The van der Waals surface area contributed by atoms with Crippen molar-refractivity contribution < 1.29 is 45.0 Å². The summed E-state index contributed by atoms with van der Waals surface area (Å²) in [6.07, 6.45) is -11.1. The van der Waals surface area contributed by atoms with Crippen molar-refractivity contribution in [2.45, 2.75) is 19.0 Å². The molecule has 2 nitrogen and oxygen atoms in total. The molecule has 1 aromatic rings. The lowest BCUT2D eigenvalue weighted by molar-refractivity contribution is -0.165. The molecule has 1 N–H and O–H groups in total. The molecule has 1 aromatic carbocycles. The highest BCUT2D eigenvalue weighted by atomic mass is 19.4. The maximum atomic E-state index is 12.5. The van der Waals surface area contributed by atoms with E-state index in [1.807, 2.05) is 0 Å². The Hall–Kier alpha value is -1.74. The molecular weight excluding hydrogens is 292 g/mol. The highest BCUT2D eigenvalue weighted by Gasteiger charge is 2.47. The summed E-state index contributed by atoms with van der Waals surface area (Å²) in [4.78, 5) is 0. The Labute approximate surface area is 99.8 Å². The van der Waals surface area contributed by atoms with Crippen molar-refractivity contribution in [1.29, 1.82) is 0 Å². The van der Waals surface area contributed by atoms with Crippen molar-refractivity contribution in [2.24, 2.45) is 0 Å². The minimum absolute atomic E-state index is 0.0729. The molecule has 0 aromatic heterocycles. The van der Waals surface area contributed by atoms with Gasteiger partial charge in [0.15, 0.2) is 11.5 Å². The van der Waals surface area contributed by atoms with E-state index in [0.717, 1.165) is 0 Å². The van der Waals surface area contributed by atoms with Crippen molar-refractivity contribution in [3.63, 3.8) is 0 Å². The van der Waals surface area contributed by atoms with E-state index in [9.17, 15) is 35.1 Å². The number of phenols is 1. The number of phenolic OH excluding ortho intramolecular Hbond substituents is 1. The molecule has 0 amide bonds. The van der Waals surface area contributed by atoms with Gasteiger partial charge in [-0.1, -0.05) is 0 Å². The van der Waals surface area contributed by atoms with Gasteiger partial charge in [-0.05, 0) is 12.1 Å². The topological polar surface area (TPSA) is 29.5 Å².